The molecular weight excluding hydrogens is 380 g/mol. The maximum absolute atomic E-state index is 12.2. The van der Waals surface area contributed by atoms with Gasteiger partial charge in [0.15, 0.2) is 18.5 Å². The summed E-state index contributed by atoms with van der Waals surface area (Å²) in [4.78, 5) is 34.3. The number of carbonyl (C=O) groups is 2. The zero-order valence-electron chi connectivity index (χ0n) is 14.5. The van der Waals surface area contributed by atoms with E-state index in [0.717, 1.165) is 0 Å². The topological polar surface area (TPSA) is 105 Å². The lowest BCUT2D eigenvalue weighted by Crippen LogP contribution is -2.27. The van der Waals surface area contributed by atoms with E-state index in [-0.39, 0.29) is 22.7 Å². The third-order valence-corrected chi connectivity index (χ3v) is 3.45. The summed E-state index contributed by atoms with van der Waals surface area (Å²) in [5.74, 6) is -1.70. The third-order valence-electron chi connectivity index (χ3n) is 3.45. The average molecular weight is 395 g/mol. The Kier molecular flexibility index (Phi) is 6.96. The van der Waals surface area contributed by atoms with Gasteiger partial charge >= 0.3 is 18.3 Å². The lowest BCUT2D eigenvalue weighted by molar-refractivity contribution is -0.385. The Hall–Kier alpha value is -3.56. The number of para-hydroxylation sites is 2. The Balaban J connectivity index is 1.91. The number of halogens is 2. The van der Waals surface area contributed by atoms with Gasteiger partial charge in [-0.2, -0.15) is 8.78 Å². The van der Waals surface area contributed by atoms with Crippen molar-refractivity contribution in [2.45, 2.75) is 19.6 Å². The highest BCUT2D eigenvalue weighted by Gasteiger charge is 2.21. The summed E-state index contributed by atoms with van der Waals surface area (Å²) in [6.45, 7) is -2.29. The number of nitrogens with zero attached hydrogens (tertiary/aromatic N) is 1. The van der Waals surface area contributed by atoms with E-state index in [9.17, 15) is 28.5 Å². The van der Waals surface area contributed by atoms with Crippen molar-refractivity contribution < 1.29 is 37.5 Å². The van der Waals surface area contributed by atoms with Crippen molar-refractivity contribution in [2.24, 2.45) is 0 Å². The summed E-state index contributed by atoms with van der Waals surface area (Å²) in [6.07, 6.45) is -1.18. The van der Waals surface area contributed by atoms with Gasteiger partial charge < -0.3 is 14.2 Å². The average Bonchev–Trinajstić information content (AvgIpc) is 2.66. The van der Waals surface area contributed by atoms with Crippen molar-refractivity contribution in [3.8, 4) is 11.5 Å². The van der Waals surface area contributed by atoms with Crippen molar-refractivity contribution >= 4 is 17.4 Å². The zero-order valence-corrected chi connectivity index (χ0v) is 14.5. The molecule has 1 atom stereocenters. The Morgan fingerprint density at radius 3 is 2.36 bits per heavy atom. The number of alkyl halides is 2. The molecule has 2 aromatic rings. The summed E-state index contributed by atoms with van der Waals surface area (Å²) < 4.78 is 38.5. The molecular formula is C18H15F2NO7. The maximum Gasteiger partial charge on any atom is 0.387 e. The molecule has 0 aliphatic carbocycles. The molecule has 0 radical (unpaired) electrons. The molecule has 148 valence electrons. The van der Waals surface area contributed by atoms with E-state index in [1.807, 2.05) is 0 Å². The molecule has 10 heteroatoms. The molecule has 2 aromatic carbocycles. The van der Waals surface area contributed by atoms with Crippen molar-refractivity contribution in [3.05, 3.63) is 64.2 Å². The molecule has 0 aliphatic heterocycles. The van der Waals surface area contributed by atoms with Crippen molar-refractivity contribution in [2.75, 3.05) is 6.61 Å². The number of nitro benzene ring substituents is 1. The van der Waals surface area contributed by atoms with E-state index in [0.29, 0.717) is 0 Å². The SMILES string of the molecule is C[C@@H](OC(=O)COc1ccccc1[N+](=O)[O-])C(=O)c1ccc(OC(F)F)cc1. The molecule has 0 heterocycles. The van der Waals surface area contributed by atoms with Crippen LogP contribution in [0, 0.1) is 10.1 Å². The van der Waals surface area contributed by atoms with E-state index in [4.69, 9.17) is 9.47 Å². The number of carbonyl (C=O) groups excluding carboxylic acids is 2. The van der Waals surface area contributed by atoms with Crippen LogP contribution in [0.15, 0.2) is 48.5 Å². The fourth-order valence-electron chi connectivity index (χ4n) is 2.19. The zero-order chi connectivity index (χ0) is 20.7. The number of benzene rings is 2. The molecule has 0 N–H and O–H groups in total. The molecule has 0 aromatic heterocycles. The monoisotopic (exact) mass is 395 g/mol. The highest BCUT2D eigenvalue weighted by Crippen LogP contribution is 2.25. The van der Waals surface area contributed by atoms with Crippen LogP contribution in [0.3, 0.4) is 0 Å². The molecule has 0 unspecified atom stereocenters. The predicted octanol–water partition coefficient (Wildman–Crippen LogP) is 3.39. The van der Waals surface area contributed by atoms with Crippen LogP contribution >= 0.6 is 0 Å². The van der Waals surface area contributed by atoms with E-state index in [1.165, 1.54) is 55.5 Å². The lowest BCUT2D eigenvalue weighted by Gasteiger charge is -2.13. The van der Waals surface area contributed by atoms with Gasteiger partial charge in [-0.25, -0.2) is 4.79 Å². The van der Waals surface area contributed by atoms with Gasteiger partial charge in [0.2, 0.25) is 5.78 Å². The van der Waals surface area contributed by atoms with E-state index in [2.05, 4.69) is 4.74 Å². The number of hydrogen-bond donors (Lipinski definition) is 0. The van der Waals surface area contributed by atoms with Crippen LogP contribution in [-0.2, 0) is 9.53 Å². The Morgan fingerprint density at radius 1 is 1.11 bits per heavy atom. The first kappa shape index (κ1) is 20.7. The van der Waals surface area contributed by atoms with Crippen LogP contribution in [-0.4, -0.2) is 36.0 Å². The smallest absolute Gasteiger partial charge is 0.387 e. The largest absolute Gasteiger partial charge is 0.475 e. The molecule has 0 saturated carbocycles. The second-order valence-corrected chi connectivity index (χ2v) is 5.41. The second kappa shape index (κ2) is 9.40. The summed E-state index contributed by atoms with van der Waals surface area (Å²) in [5, 5.41) is 10.9. The number of Topliss-reactive ketones (excluding diaryl/α,β-unsaturated/α-hetero) is 1. The number of ketones is 1. The number of esters is 1. The molecule has 0 aliphatic rings. The number of ether oxygens (including phenoxy) is 3. The maximum atomic E-state index is 12.2. The van der Waals surface area contributed by atoms with Gasteiger partial charge in [0.1, 0.15) is 5.75 Å². The van der Waals surface area contributed by atoms with Crippen molar-refractivity contribution in [1.82, 2.24) is 0 Å². The minimum absolute atomic E-state index is 0.113. The van der Waals surface area contributed by atoms with Crippen LogP contribution in [0.1, 0.15) is 17.3 Å². The minimum Gasteiger partial charge on any atom is -0.475 e. The normalized spacial score (nSPS) is 11.6. The number of nitro groups is 1. The Labute approximate surface area is 157 Å². The first-order valence-corrected chi connectivity index (χ1v) is 7.92. The molecule has 0 bridgehead atoms. The summed E-state index contributed by atoms with van der Waals surface area (Å²) in [6, 6.07) is 10.4. The summed E-state index contributed by atoms with van der Waals surface area (Å²) >= 11 is 0. The highest BCUT2D eigenvalue weighted by molar-refractivity contribution is 6.00. The fourth-order valence-corrected chi connectivity index (χ4v) is 2.19. The highest BCUT2D eigenvalue weighted by atomic mass is 19.3. The van der Waals surface area contributed by atoms with Gasteiger partial charge in [-0.15, -0.1) is 0 Å². The molecule has 0 spiro atoms. The van der Waals surface area contributed by atoms with E-state index in [1.54, 1.807) is 0 Å². The lowest BCUT2D eigenvalue weighted by atomic mass is 10.1. The summed E-state index contributed by atoms with van der Waals surface area (Å²) in [5.41, 5.74) is -0.188. The van der Waals surface area contributed by atoms with Crippen LogP contribution < -0.4 is 9.47 Å². The van der Waals surface area contributed by atoms with Crippen molar-refractivity contribution in [3.63, 3.8) is 0 Å². The van der Waals surface area contributed by atoms with Gasteiger partial charge in [0, 0.05) is 11.6 Å². The molecule has 0 fully saturated rings. The van der Waals surface area contributed by atoms with Gasteiger partial charge in [-0.05, 0) is 37.3 Å². The van der Waals surface area contributed by atoms with E-state index >= 15 is 0 Å². The summed E-state index contributed by atoms with van der Waals surface area (Å²) in [7, 11) is 0. The minimum atomic E-state index is -2.98. The third kappa shape index (κ3) is 5.73. The van der Waals surface area contributed by atoms with E-state index < -0.39 is 36.0 Å². The second-order valence-electron chi connectivity index (χ2n) is 5.41. The van der Waals surface area contributed by atoms with Crippen LogP contribution in [0.4, 0.5) is 14.5 Å². The number of rotatable bonds is 9. The molecule has 2 rings (SSSR count). The standard InChI is InChI=1S/C18H15F2NO7/c1-11(17(23)12-6-8-13(9-7-12)28-18(19)20)27-16(22)10-26-15-5-3-2-4-14(15)21(24)25/h2-9,11,18H,10H2,1H3/t11-/m1/s1. The van der Waals surface area contributed by atoms with Gasteiger partial charge in [0.05, 0.1) is 4.92 Å². The molecule has 28 heavy (non-hydrogen) atoms. The van der Waals surface area contributed by atoms with Gasteiger partial charge in [-0.3, -0.25) is 14.9 Å². The first-order valence-electron chi connectivity index (χ1n) is 7.92. The van der Waals surface area contributed by atoms with Gasteiger partial charge in [-0.1, -0.05) is 12.1 Å². The quantitative estimate of drug-likeness (QED) is 0.277. The van der Waals surface area contributed by atoms with Gasteiger partial charge in [0.25, 0.3) is 0 Å². The molecule has 0 saturated heterocycles. The predicted molar refractivity (Wildman–Crippen MR) is 91.5 cm³/mol. The fraction of sp³-hybridized carbons (Fsp3) is 0.222. The first-order chi connectivity index (χ1) is 13.3. The van der Waals surface area contributed by atoms with Crippen LogP contribution in [0.5, 0.6) is 11.5 Å². The molecule has 0 amide bonds. The van der Waals surface area contributed by atoms with Crippen LogP contribution in [0.2, 0.25) is 0 Å². The van der Waals surface area contributed by atoms with Crippen molar-refractivity contribution in [1.29, 1.82) is 0 Å². The Morgan fingerprint density at radius 2 is 1.75 bits per heavy atom. The molecule has 8 nitrogen and oxygen atoms in total. The Bertz CT molecular complexity index is 855. The van der Waals surface area contributed by atoms with Crippen LogP contribution in [0.25, 0.3) is 0 Å². The number of hydrogen-bond acceptors (Lipinski definition) is 7.